The number of anilines is 1. The number of hydrogen-bond donors (Lipinski definition) is 2. The van der Waals surface area contributed by atoms with Crippen molar-refractivity contribution in [2.45, 2.75) is 6.92 Å². The van der Waals surface area contributed by atoms with E-state index in [4.69, 9.17) is 5.73 Å². The van der Waals surface area contributed by atoms with Gasteiger partial charge in [-0.25, -0.2) is 4.98 Å². The molecular weight excluding hydrogens is 252 g/mol. The minimum absolute atomic E-state index is 0.257. The molecule has 0 saturated heterocycles. The minimum atomic E-state index is -0.257. The lowest BCUT2D eigenvalue weighted by Crippen LogP contribution is -2.13. The molecular formula is C15H16N4O. The lowest BCUT2D eigenvalue weighted by molar-refractivity contribution is 0.102. The minimum Gasteiger partial charge on any atom is -0.340 e. The van der Waals surface area contributed by atoms with Crippen LogP contribution in [0.1, 0.15) is 21.6 Å². The highest BCUT2D eigenvalue weighted by Crippen LogP contribution is 2.17. The van der Waals surface area contributed by atoms with Gasteiger partial charge in [0.05, 0.1) is 18.6 Å². The summed E-state index contributed by atoms with van der Waals surface area (Å²) in [5.74, 6) is 5.48. The van der Waals surface area contributed by atoms with E-state index in [0.29, 0.717) is 11.4 Å². The molecule has 20 heavy (non-hydrogen) atoms. The number of aromatic nitrogens is 2. The fraction of sp³-hybridized carbons (Fsp3) is 0.200. The third-order valence-electron chi connectivity index (χ3n) is 2.69. The van der Waals surface area contributed by atoms with E-state index in [1.165, 1.54) is 0 Å². The van der Waals surface area contributed by atoms with Gasteiger partial charge in [0, 0.05) is 18.8 Å². The summed E-state index contributed by atoms with van der Waals surface area (Å²) in [6.07, 6.45) is 3.25. The number of nitrogens with one attached hydrogen (secondary N) is 1. The first-order chi connectivity index (χ1) is 9.60. The number of aryl methyl sites for hydroxylation is 2. The SMILES string of the molecule is Cc1ccc(C#CCN)c(NC(=O)c2cn(C)cn2)c1. The zero-order valence-electron chi connectivity index (χ0n) is 11.5. The van der Waals surface area contributed by atoms with Crippen molar-refractivity contribution in [1.82, 2.24) is 9.55 Å². The molecule has 0 unspecified atom stereocenters. The van der Waals surface area contributed by atoms with Crippen molar-refractivity contribution >= 4 is 11.6 Å². The zero-order chi connectivity index (χ0) is 14.5. The second kappa shape index (κ2) is 6.04. The summed E-state index contributed by atoms with van der Waals surface area (Å²) in [6, 6.07) is 5.68. The topological polar surface area (TPSA) is 72.9 Å². The van der Waals surface area contributed by atoms with Crippen molar-refractivity contribution in [2.75, 3.05) is 11.9 Å². The standard InChI is InChI=1S/C15H16N4O/c1-11-5-6-12(4-3-7-16)13(8-11)18-15(20)14-9-19(2)10-17-14/h5-6,8-10H,7,16H2,1-2H3,(H,18,20). The normalized spacial score (nSPS) is 9.75. The quantitative estimate of drug-likeness (QED) is 0.806. The molecule has 0 bridgehead atoms. The van der Waals surface area contributed by atoms with Crippen LogP contribution in [0.5, 0.6) is 0 Å². The average Bonchev–Trinajstić information content (AvgIpc) is 2.85. The lowest BCUT2D eigenvalue weighted by atomic mass is 10.1. The highest BCUT2D eigenvalue weighted by atomic mass is 16.1. The molecule has 0 aliphatic rings. The van der Waals surface area contributed by atoms with Crippen LogP contribution in [-0.4, -0.2) is 22.0 Å². The van der Waals surface area contributed by atoms with Crippen LogP contribution < -0.4 is 11.1 Å². The second-order valence-corrected chi connectivity index (χ2v) is 4.43. The lowest BCUT2D eigenvalue weighted by Gasteiger charge is -2.07. The summed E-state index contributed by atoms with van der Waals surface area (Å²) in [5, 5.41) is 2.83. The van der Waals surface area contributed by atoms with Crippen LogP contribution in [-0.2, 0) is 7.05 Å². The third kappa shape index (κ3) is 3.25. The molecule has 0 aliphatic heterocycles. The summed E-state index contributed by atoms with van der Waals surface area (Å²) < 4.78 is 1.72. The van der Waals surface area contributed by atoms with Crippen molar-refractivity contribution in [3.05, 3.63) is 47.5 Å². The van der Waals surface area contributed by atoms with Gasteiger partial charge in [0.2, 0.25) is 0 Å². The Morgan fingerprint density at radius 1 is 1.50 bits per heavy atom. The number of amides is 1. The molecule has 0 spiro atoms. The first kappa shape index (κ1) is 13.8. The van der Waals surface area contributed by atoms with Crippen molar-refractivity contribution in [3.63, 3.8) is 0 Å². The smallest absolute Gasteiger partial charge is 0.275 e. The Balaban J connectivity index is 2.28. The molecule has 1 aromatic carbocycles. The molecule has 1 heterocycles. The maximum atomic E-state index is 12.1. The molecule has 1 amide bonds. The number of imidazole rings is 1. The van der Waals surface area contributed by atoms with Crippen LogP contribution in [0.2, 0.25) is 0 Å². The van der Waals surface area contributed by atoms with Crippen molar-refractivity contribution in [1.29, 1.82) is 0 Å². The number of carbonyl (C=O) groups excluding carboxylic acids is 1. The van der Waals surface area contributed by atoms with E-state index >= 15 is 0 Å². The Morgan fingerprint density at radius 3 is 2.95 bits per heavy atom. The molecule has 5 nitrogen and oxygen atoms in total. The fourth-order valence-corrected chi connectivity index (χ4v) is 1.73. The second-order valence-electron chi connectivity index (χ2n) is 4.43. The van der Waals surface area contributed by atoms with Gasteiger partial charge in [-0.1, -0.05) is 17.9 Å². The molecule has 0 aliphatic carbocycles. The van der Waals surface area contributed by atoms with Gasteiger partial charge < -0.3 is 15.6 Å². The molecule has 0 atom stereocenters. The average molecular weight is 268 g/mol. The van der Waals surface area contributed by atoms with Crippen molar-refractivity contribution in [3.8, 4) is 11.8 Å². The molecule has 0 radical (unpaired) electrons. The van der Waals surface area contributed by atoms with Crippen LogP contribution in [0.15, 0.2) is 30.7 Å². The molecule has 1 aromatic heterocycles. The van der Waals surface area contributed by atoms with E-state index in [1.54, 1.807) is 17.1 Å². The van der Waals surface area contributed by atoms with E-state index < -0.39 is 0 Å². The van der Waals surface area contributed by atoms with Gasteiger partial charge in [0.25, 0.3) is 5.91 Å². The number of rotatable bonds is 2. The largest absolute Gasteiger partial charge is 0.340 e. The summed E-state index contributed by atoms with van der Waals surface area (Å²) >= 11 is 0. The van der Waals surface area contributed by atoms with Gasteiger partial charge in [-0.05, 0) is 24.6 Å². The molecule has 3 N–H and O–H groups in total. The van der Waals surface area contributed by atoms with Gasteiger partial charge >= 0.3 is 0 Å². The first-order valence-electron chi connectivity index (χ1n) is 6.19. The van der Waals surface area contributed by atoms with E-state index in [9.17, 15) is 4.79 Å². The predicted octanol–water partition coefficient (Wildman–Crippen LogP) is 1.29. The Hall–Kier alpha value is -2.58. The zero-order valence-corrected chi connectivity index (χ0v) is 11.5. The molecule has 2 aromatic rings. The number of nitrogens with two attached hydrogens (primary N) is 1. The van der Waals surface area contributed by atoms with Crippen LogP contribution >= 0.6 is 0 Å². The van der Waals surface area contributed by atoms with Gasteiger partial charge in [-0.2, -0.15) is 0 Å². The monoisotopic (exact) mass is 268 g/mol. The van der Waals surface area contributed by atoms with E-state index in [1.807, 2.05) is 32.2 Å². The molecule has 5 heteroatoms. The van der Waals surface area contributed by atoms with E-state index in [-0.39, 0.29) is 12.5 Å². The van der Waals surface area contributed by atoms with E-state index in [2.05, 4.69) is 22.1 Å². The summed E-state index contributed by atoms with van der Waals surface area (Å²) in [6.45, 7) is 2.23. The Morgan fingerprint density at radius 2 is 2.30 bits per heavy atom. The van der Waals surface area contributed by atoms with Crippen LogP contribution in [0.3, 0.4) is 0 Å². The Labute approximate surface area is 117 Å². The molecule has 0 saturated carbocycles. The highest BCUT2D eigenvalue weighted by molar-refractivity contribution is 6.03. The molecule has 2 rings (SSSR count). The Kier molecular flexibility index (Phi) is 4.18. The van der Waals surface area contributed by atoms with Crippen LogP contribution in [0.25, 0.3) is 0 Å². The Bertz CT molecular complexity index is 691. The number of benzene rings is 1. The van der Waals surface area contributed by atoms with Crippen LogP contribution in [0.4, 0.5) is 5.69 Å². The maximum Gasteiger partial charge on any atom is 0.275 e. The van der Waals surface area contributed by atoms with Crippen molar-refractivity contribution in [2.24, 2.45) is 12.8 Å². The first-order valence-corrected chi connectivity index (χ1v) is 6.19. The summed E-state index contributed by atoms with van der Waals surface area (Å²) in [5.41, 5.74) is 8.20. The predicted molar refractivity (Wildman–Crippen MR) is 78.3 cm³/mol. The van der Waals surface area contributed by atoms with Gasteiger partial charge in [-0.15, -0.1) is 0 Å². The van der Waals surface area contributed by atoms with Crippen LogP contribution in [0, 0.1) is 18.8 Å². The summed E-state index contributed by atoms with van der Waals surface area (Å²) in [7, 11) is 1.81. The fourth-order valence-electron chi connectivity index (χ4n) is 1.73. The van der Waals surface area contributed by atoms with Gasteiger partial charge in [0.15, 0.2) is 0 Å². The third-order valence-corrected chi connectivity index (χ3v) is 2.69. The number of carbonyl (C=O) groups is 1. The number of hydrogen-bond acceptors (Lipinski definition) is 3. The van der Waals surface area contributed by atoms with E-state index in [0.717, 1.165) is 11.1 Å². The number of nitrogens with zero attached hydrogens (tertiary/aromatic N) is 2. The van der Waals surface area contributed by atoms with Crippen molar-refractivity contribution < 1.29 is 4.79 Å². The molecule has 102 valence electrons. The molecule has 0 fully saturated rings. The summed E-state index contributed by atoms with van der Waals surface area (Å²) in [4.78, 5) is 16.1. The maximum absolute atomic E-state index is 12.1. The van der Waals surface area contributed by atoms with Gasteiger partial charge in [-0.3, -0.25) is 4.79 Å². The highest BCUT2D eigenvalue weighted by Gasteiger charge is 2.11. The van der Waals surface area contributed by atoms with Gasteiger partial charge in [0.1, 0.15) is 5.69 Å².